The highest BCUT2D eigenvalue weighted by atomic mass is 16.5. The zero-order valence-corrected chi connectivity index (χ0v) is 16.6. The van der Waals surface area contributed by atoms with E-state index >= 15 is 0 Å². The number of carbonyl (C=O) groups is 2. The Hall–Kier alpha value is -3.02. The van der Waals surface area contributed by atoms with Crippen LogP contribution in [-0.4, -0.2) is 62.0 Å². The number of benzene rings is 2. The molecule has 1 fully saturated rings. The van der Waals surface area contributed by atoms with Gasteiger partial charge in [0.05, 0.1) is 20.6 Å². The topological polar surface area (TPSA) is 59.1 Å². The number of hydrogen-bond donors (Lipinski definition) is 0. The largest absolute Gasteiger partial charge is 0.496 e. The molecule has 0 atom stereocenters. The lowest BCUT2D eigenvalue weighted by Crippen LogP contribution is -2.51. The third-order valence-electron chi connectivity index (χ3n) is 5.04. The Morgan fingerprint density at radius 3 is 1.93 bits per heavy atom. The number of hydrogen-bond acceptors (Lipinski definition) is 4. The van der Waals surface area contributed by atoms with Gasteiger partial charge in [0.15, 0.2) is 0 Å². The molecule has 0 bridgehead atoms. The fraction of sp³-hybridized carbons (Fsp3) is 0.364. The van der Waals surface area contributed by atoms with Gasteiger partial charge in [-0.15, -0.1) is 0 Å². The van der Waals surface area contributed by atoms with Gasteiger partial charge >= 0.3 is 0 Å². The molecule has 3 rings (SSSR count). The quantitative estimate of drug-likeness (QED) is 0.797. The molecule has 6 heteroatoms. The Balaban J connectivity index is 1.63. The van der Waals surface area contributed by atoms with Gasteiger partial charge in [-0.25, -0.2) is 0 Å². The van der Waals surface area contributed by atoms with Crippen molar-refractivity contribution in [3.05, 3.63) is 59.2 Å². The number of amides is 2. The summed E-state index contributed by atoms with van der Waals surface area (Å²) in [6, 6.07) is 13.3. The molecule has 6 nitrogen and oxygen atoms in total. The third-order valence-corrected chi connectivity index (χ3v) is 5.04. The maximum Gasteiger partial charge on any atom is 0.261 e. The average Bonchev–Trinajstić information content (AvgIpc) is 2.74. The second-order valence-corrected chi connectivity index (χ2v) is 6.87. The van der Waals surface area contributed by atoms with Crippen LogP contribution < -0.4 is 9.47 Å². The van der Waals surface area contributed by atoms with Crippen LogP contribution in [-0.2, 0) is 11.2 Å². The Labute approximate surface area is 165 Å². The van der Waals surface area contributed by atoms with Crippen molar-refractivity contribution in [2.45, 2.75) is 13.3 Å². The maximum atomic E-state index is 13.0. The van der Waals surface area contributed by atoms with Gasteiger partial charge in [0.2, 0.25) is 5.91 Å². The van der Waals surface area contributed by atoms with E-state index in [1.807, 2.05) is 36.1 Å². The molecule has 0 spiro atoms. The van der Waals surface area contributed by atoms with Crippen LogP contribution in [0.1, 0.15) is 21.5 Å². The van der Waals surface area contributed by atoms with E-state index in [2.05, 4.69) is 0 Å². The Morgan fingerprint density at radius 2 is 1.39 bits per heavy atom. The van der Waals surface area contributed by atoms with Crippen molar-refractivity contribution in [2.75, 3.05) is 40.4 Å². The molecule has 2 amide bonds. The second-order valence-electron chi connectivity index (χ2n) is 6.87. The van der Waals surface area contributed by atoms with Crippen LogP contribution in [0.4, 0.5) is 0 Å². The van der Waals surface area contributed by atoms with Gasteiger partial charge in [-0.1, -0.05) is 35.9 Å². The van der Waals surface area contributed by atoms with Crippen LogP contribution in [0.5, 0.6) is 11.5 Å². The number of carbonyl (C=O) groups excluding carboxylic acids is 2. The van der Waals surface area contributed by atoms with E-state index in [4.69, 9.17) is 9.47 Å². The molecule has 1 aliphatic rings. The zero-order valence-electron chi connectivity index (χ0n) is 16.6. The first-order valence-electron chi connectivity index (χ1n) is 9.37. The number of aryl methyl sites for hydroxylation is 1. The molecule has 0 unspecified atom stereocenters. The molecule has 28 heavy (non-hydrogen) atoms. The molecule has 0 saturated carbocycles. The number of ether oxygens (including phenoxy) is 2. The van der Waals surface area contributed by atoms with Gasteiger partial charge in [0.25, 0.3) is 5.91 Å². The van der Waals surface area contributed by atoms with Gasteiger partial charge in [0.1, 0.15) is 17.1 Å². The van der Waals surface area contributed by atoms with Crippen molar-refractivity contribution < 1.29 is 19.1 Å². The van der Waals surface area contributed by atoms with Crippen LogP contribution in [0.2, 0.25) is 0 Å². The molecule has 148 valence electrons. The molecule has 0 N–H and O–H groups in total. The normalized spacial score (nSPS) is 14.0. The lowest BCUT2D eigenvalue weighted by molar-refractivity contribution is -0.131. The first kappa shape index (κ1) is 19.7. The summed E-state index contributed by atoms with van der Waals surface area (Å²) in [6.07, 6.45) is 0.383. The van der Waals surface area contributed by atoms with Gasteiger partial charge in [-0.3, -0.25) is 9.59 Å². The van der Waals surface area contributed by atoms with Crippen LogP contribution in [0.15, 0.2) is 42.5 Å². The van der Waals surface area contributed by atoms with E-state index < -0.39 is 0 Å². The SMILES string of the molecule is COc1cccc(OC)c1C(=O)N1CCN(C(=O)Cc2ccc(C)cc2)CC1. The highest BCUT2D eigenvalue weighted by Crippen LogP contribution is 2.29. The van der Waals surface area contributed by atoms with Crippen molar-refractivity contribution in [1.29, 1.82) is 0 Å². The van der Waals surface area contributed by atoms with Crippen molar-refractivity contribution >= 4 is 11.8 Å². The molecular weight excluding hydrogens is 356 g/mol. The summed E-state index contributed by atoms with van der Waals surface area (Å²) >= 11 is 0. The van der Waals surface area contributed by atoms with E-state index in [0.29, 0.717) is 49.7 Å². The summed E-state index contributed by atoms with van der Waals surface area (Å²) in [5.74, 6) is 0.926. The van der Waals surface area contributed by atoms with Crippen molar-refractivity contribution in [3.63, 3.8) is 0 Å². The van der Waals surface area contributed by atoms with E-state index in [0.717, 1.165) is 5.56 Å². The fourth-order valence-corrected chi connectivity index (χ4v) is 3.37. The second kappa shape index (κ2) is 8.78. The van der Waals surface area contributed by atoms with Gasteiger partial charge < -0.3 is 19.3 Å². The highest BCUT2D eigenvalue weighted by Gasteiger charge is 2.28. The summed E-state index contributed by atoms with van der Waals surface area (Å²) in [4.78, 5) is 29.2. The monoisotopic (exact) mass is 382 g/mol. The minimum atomic E-state index is -0.139. The zero-order chi connectivity index (χ0) is 20.1. The maximum absolute atomic E-state index is 13.0. The lowest BCUT2D eigenvalue weighted by atomic mass is 10.1. The van der Waals surface area contributed by atoms with E-state index in [-0.39, 0.29) is 11.8 Å². The minimum Gasteiger partial charge on any atom is -0.496 e. The summed E-state index contributed by atoms with van der Waals surface area (Å²) in [6.45, 7) is 4.04. The molecule has 1 saturated heterocycles. The van der Waals surface area contributed by atoms with E-state index in [9.17, 15) is 9.59 Å². The van der Waals surface area contributed by atoms with Gasteiger partial charge in [-0.05, 0) is 24.6 Å². The van der Waals surface area contributed by atoms with E-state index in [1.54, 1.807) is 23.1 Å². The first-order chi connectivity index (χ1) is 13.5. The van der Waals surface area contributed by atoms with E-state index in [1.165, 1.54) is 19.8 Å². The number of rotatable bonds is 5. The lowest BCUT2D eigenvalue weighted by Gasteiger charge is -2.35. The molecule has 0 aliphatic carbocycles. The Bertz CT molecular complexity index is 818. The first-order valence-corrected chi connectivity index (χ1v) is 9.37. The Morgan fingerprint density at radius 1 is 0.857 bits per heavy atom. The molecule has 1 aliphatic heterocycles. The van der Waals surface area contributed by atoms with Crippen LogP contribution in [0.3, 0.4) is 0 Å². The molecule has 1 heterocycles. The molecule has 2 aromatic carbocycles. The summed E-state index contributed by atoms with van der Waals surface area (Å²) in [5.41, 5.74) is 2.61. The number of methoxy groups -OCH3 is 2. The summed E-state index contributed by atoms with van der Waals surface area (Å²) in [7, 11) is 3.07. The standard InChI is InChI=1S/C22H26N2O4/c1-16-7-9-17(10-8-16)15-20(25)23-11-13-24(14-12-23)22(26)21-18(27-2)5-4-6-19(21)28-3/h4-10H,11-15H2,1-3H3. The molecule has 0 aromatic heterocycles. The number of piperazine rings is 1. The molecule has 0 radical (unpaired) electrons. The van der Waals surface area contributed by atoms with Crippen LogP contribution in [0.25, 0.3) is 0 Å². The van der Waals surface area contributed by atoms with Crippen LogP contribution in [0, 0.1) is 6.92 Å². The molecule has 2 aromatic rings. The summed E-state index contributed by atoms with van der Waals surface area (Å²) in [5, 5.41) is 0. The predicted octanol–water partition coefficient (Wildman–Crippen LogP) is 2.54. The van der Waals surface area contributed by atoms with Crippen LogP contribution >= 0.6 is 0 Å². The smallest absolute Gasteiger partial charge is 0.261 e. The predicted molar refractivity (Wildman–Crippen MR) is 107 cm³/mol. The summed E-state index contributed by atoms with van der Waals surface area (Å²) < 4.78 is 10.7. The Kier molecular flexibility index (Phi) is 6.19. The number of nitrogens with zero attached hydrogens (tertiary/aromatic N) is 2. The fourth-order valence-electron chi connectivity index (χ4n) is 3.37. The average molecular weight is 382 g/mol. The van der Waals surface area contributed by atoms with Crippen molar-refractivity contribution in [3.8, 4) is 11.5 Å². The van der Waals surface area contributed by atoms with Gasteiger partial charge in [0, 0.05) is 26.2 Å². The third kappa shape index (κ3) is 4.27. The van der Waals surface area contributed by atoms with Crippen molar-refractivity contribution in [1.82, 2.24) is 9.80 Å². The molecular formula is C22H26N2O4. The van der Waals surface area contributed by atoms with Crippen molar-refractivity contribution in [2.24, 2.45) is 0 Å². The minimum absolute atomic E-state index is 0.0887. The van der Waals surface area contributed by atoms with Gasteiger partial charge in [-0.2, -0.15) is 0 Å². The highest BCUT2D eigenvalue weighted by molar-refractivity contribution is 6.00.